The number of aromatic nitrogens is 4. The number of nitrogens with zero attached hydrogens (tertiary/aromatic N) is 4. The number of ether oxygens (including phenoxy) is 2. The summed E-state index contributed by atoms with van der Waals surface area (Å²) in [5.41, 5.74) is 2.64. The highest BCUT2D eigenvalue weighted by atomic mass is 16.5. The number of carbonyl (C=O) groups excluding carboxylic acids is 1. The number of para-hydroxylation sites is 1. The van der Waals surface area contributed by atoms with E-state index in [1.807, 2.05) is 42.5 Å². The molecule has 0 saturated heterocycles. The van der Waals surface area contributed by atoms with Crippen LogP contribution in [-0.2, 0) is 11.3 Å². The number of hydrogen-bond donors (Lipinski definition) is 0. The number of methoxy groups -OCH3 is 2. The number of hydrogen-bond acceptors (Lipinski definition) is 6. The lowest BCUT2D eigenvalue weighted by Crippen LogP contribution is -2.19. The summed E-state index contributed by atoms with van der Waals surface area (Å²) >= 11 is 0. The average Bonchev–Trinajstić information content (AvgIpc) is 3.30. The van der Waals surface area contributed by atoms with Gasteiger partial charge in [0.1, 0.15) is 0 Å². The monoisotopic (exact) mass is 416 g/mol. The van der Waals surface area contributed by atoms with Crippen LogP contribution in [-0.4, -0.2) is 39.7 Å². The van der Waals surface area contributed by atoms with Gasteiger partial charge in [-0.05, 0) is 35.9 Å². The van der Waals surface area contributed by atoms with Crippen molar-refractivity contribution in [2.75, 3.05) is 14.2 Å². The van der Waals surface area contributed by atoms with E-state index >= 15 is 0 Å². The fourth-order valence-electron chi connectivity index (χ4n) is 3.22. The molecule has 0 bridgehead atoms. The van der Waals surface area contributed by atoms with E-state index in [9.17, 15) is 9.59 Å². The molecule has 2 aromatic carbocycles. The maximum Gasteiger partial charge on any atom is 0.337 e. The van der Waals surface area contributed by atoms with Crippen LogP contribution in [0.25, 0.3) is 17.1 Å². The van der Waals surface area contributed by atoms with Crippen molar-refractivity contribution in [2.45, 2.75) is 6.54 Å². The molecular weight excluding hydrogens is 396 g/mol. The molecule has 0 atom stereocenters. The Morgan fingerprint density at radius 2 is 1.74 bits per heavy atom. The summed E-state index contributed by atoms with van der Waals surface area (Å²) in [4.78, 5) is 24.6. The Morgan fingerprint density at radius 1 is 1.00 bits per heavy atom. The molecule has 0 aliphatic carbocycles. The Balaban J connectivity index is 1.73. The largest absolute Gasteiger partial charge is 0.491 e. The van der Waals surface area contributed by atoms with Gasteiger partial charge in [0.25, 0.3) is 5.43 Å². The number of esters is 1. The summed E-state index contributed by atoms with van der Waals surface area (Å²) in [6, 6.07) is 18.3. The SMILES string of the molecule is COC(=O)c1ccc(Cn2cc(OC)c(=O)c(-c3ccnn3-c3ccccc3)n2)cc1. The van der Waals surface area contributed by atoms with Crippen LogP contribution in [0.5, 0.6) is 5.75 Å². The van der Waals surface area contributed by atoms with Crippen molar-refractivity contribution in [3.63, 3.8) is 0 Å². The molecule has 31 heavy (non-hydrogen) atoms. The second-order valence-corrected chi connectivity index (χ2v) is 6.73. The van der Waals surface area contributed by atoms with Crippen molar-refractivity contribution in [1.82, 2.24) is 19.6 Å². The molecule has 0 radical (unpaired) electrons. The summed E-state index contributed by atoms with van der Waals surface area (Å²) in [7, 11) is 2.79. The first-order chi connectivity index (χ1) is 15.1. The molecule has 0 aliphatic rings. The quantitative estimate of drug-likeness (QED) is 0.449. The maximum atomic E-state index is 12.9. The van der Waals surface area contributed by atoms with Crippen LogP contribution in [0.3, 0.4) is 0 Å². The first-order valence-electron chi connectivity index (χ1n) is 9.53. The standard InChI is InChI=1S/C23H20N4O4/c1-30-20-15-26(14-16-8-10-17(11-9-16)23(29)31-2)25-21(22(20)28)19-12-13-24-27(19)18-6-4-3-5-7-18/h3-13,15H,14H2,1-2H3. The molecule has 0 unspecified atom stereocenters. The van der Waals surface area contributed by atoms with Gasteiger partial charge in [-0.25, -0.2) is 9.48 Å². The van der Waals surface area contributed by atoms with Gasteiger partial charge >= 0.3 is 5.97 Å². The van der Waals surface area contributed by atoms with Crippen LogP contribution in [0.4, 0.5) is 0 Å². The molecule has 0 saturated carbocycles. The lowest BCUT2D eigenvalue weighted by Gasteiger charge is -2.12. The summed E-state index contributed by atoms with van der Waals surface area (Å²) in [6.07, 6.45) is 3.18. The van der Waals surface area contributed by atoms with Crippen molar-refractivity contribution in [1.29, 1.82) is 0 Å². The van der Waals surface area contributed by atoms with Gasteiger partial charge in [-0.1, -0.05) is 30.3 Å². The van der Waals surface area contributed by atoms with Crippen molar-refractivity contribution >= 4 is 5.97 Å². The molecule has 8 heteroatoms. The fourth-order valence-corrected chi connectivity index (χ4v) is 3.22. The van der Waals surface area contributed by atoms with E-state index in [-0.39, 0.29) is 16.9 Å². The lowest BCUT2D eigenvalue weighted by molar-refractivity contribution is 0.0600. The summed E-state index contributed by atoms with van der Waals surface area (Å²) in [5.74, 6) is -0.219. The third kappa shape index (κ3) is 4.09. The highest BCUT2D eigenvalue weighted by molar-refractivity contribution is 5.89. The van der Waals surface area contributed by atoms with Crippen LogP contribution >= 0.6 is 0 Å². The van der Waals surface area contributed by atoms with Crippen molar-refractivity contribution in [3.05, 3.63) is 94.4 Å². The van der Waals surface area contributed by atoms with Gasteiger partial charge in [0, 0.05) is 0 Å². The average molecular weight is 416 g/mol. The van der Waals surface area contributed by atoms with Crippen molar-refractivity contribution in [3.8, 4) is 22.8 Å². The van der Waals surface area contributed by atoms with E-state index in [1.165, 1.54) is 14.2 Å². The fraction of sp³-hybridized carbons (Fsp3) is 0.130. The normalized spacial score (nSPS) is 10.6. The van der Waals surface area contributed by atoms with E-state index < -0.39 is 5.97 Å². The maximum absolute atomic E-state index is 12.9. The first kappa shape index (κ1) is 20.1. The zero-order chi connectivity index (χ0) is 21.8. The molecule has 4 aromatic rings. The van der Waals surface area contributed by atoms with Gasteiger partial charge < -0.3 is 9.47 Å². The minimum Gasteiger partial charge on any atom is -0.491 e. The van der Waals surface area contributed by atoms with Crippen LogP contribution in [0.15, 0.2) is 77.9 Å². The number of rotatable bonds is 6. The molecule has 0 spiro atoms. The number of carbonyl (C=O) groups is 1. The Hall–Kier alpha value is -4.20. The third-order valence-electron chi connectivity index (χ3n) is 4.76. The predicted octanol–water partition coefficient (Wildman–Crippen LogP) is 2.94. The van der Waals surface area contributed by atoms with Gasteiger partial charge in [0.15, 0.2) is 11.4 Å². The zero-order valence-corrected chi connectivity index (χ0v) is 17.1. The summed E-state index contributed by atoms with van der Waals surface area (Å²) < 4.78 is 13.3. The minimum atomic E-state index is -0.397. The summed E-state index contributed by atoms with van der Waals surface area (Å²) in [6.45, 7) is 0.380. The van der Waals surface area contributed by atoms with Crippen LogP contribution in [0.1, 0.15) is 15.9 Å². The highest BCUT2D eigenvalue weighted by Gasteiger charge is 2.17. The highest BCUT2D eigenvalue weighted by Crippen LogP contribution is 2.20. The van der Waals surface area contributed by atoms with E-state index in [4.69, 9.17) is 9.47 Å². The molecular formula is C23H20N4O4. The van der Waals surface area contributed by atoms with Crippen molar-refractivity contribution in [2.24, 2.45) is 0 Å². The van der Waals surface area contributed by atoms with Gasteiger partial charge in [0.2, 0.25) is 0 Å². The van der Waals surface area contributed by atoms with Crippen LogP contribution in [0, 0.1) is 0 Å². The van der Waals surface area contributed by atoms with Gasteiger partial charge in [-0.15, -0.1) is 0 Å². The van der Waals surface area contributed by atoms with E-state index in [0.717, 1.165) is 11.3 Å². The van der Waals surface area contributed by atoms with Gasteiger partial charge in [-0.2, -0.15) is 10.2 Å². The first-order valence-corrected chi connectivity index (χ1v) is 9.53. The second kappa shape index (κ2) is 8.66. The predicted molar refractivity (Wildman–Crippen MR) is 114 cm³/mol. The molecule has 0 aliphatic heterocycles. The van der Waals surface area contributed by atoms with Gasteiger partial charge in [-0.3, -0.25) is 9.48 Å². The topological polar surface area (TPSA) is 88.2 Å². The Bertz CT molecular complexity index is 1260. The van der Waals surface area contributed by atoms with E-state index in [1.54, 1.807) is 40.0 Å². The molecule has 8 nitrogen and oxygen atoms in total. The lowest BCUT2D eigenvalue weighted by atomic mass is 10.1. The van der Waals surface area contributed by atoms with Crippen LogP contribution in [0.2, 0.25) is 0 Å². The van der Waals surface area contributed by atoms with Crippen LogP contribution < -0.4 is 10.2 Å². The van der Waals surface area contributed by atoms with Gasteiger partial charge in [0.05, 0.1) is 50.1 Å². The molecule has 156 valence electrons. The third-order valence-corrected chi connectivity index (χ3v) is 4.76. The molecule has 0 amide bonds. The Morgan fingerprint density at radius 3 is 2.42 bits per heavy atom. The molecule has 2 heterocycles. The Labute approximate surface area is 178 Å². The van der Waals surface area contributed by atoms with E-state index in [2.05, 4.69) is 10.2 Å². The van der Waals surface area contributed by atoms with E-state index in [0.29, 0.717) is 17.8 Å². The molecule has 4 rings (SSSR count). The second-order valence-electron chi connectivity index (χ2n) is 6.73. The molecule has 2 aromatic heterocycles. The summed E-state index contributed by atoms with van der Waals surface area (Å²) in [5, 5.41) is 8.90. The zero-order valence-electron chi connectivity index (χ0n) is 17.1. The smallest absolute Gasteiger partial charge is 0.337 e. The minimum absolute atomic E-state index is 0.178. The Kier molecular flexibility index (Phi) is 5.61. The molecule has 0 fully saturated rings. The number of benzene rings is 2. The molecule has 0 N–H and O–H groups in total. The van der Waals surface area contributed by atoms with Crippen molar-refractivity contribution < 1.29 is 14.3 Å².